The molecule has 2 saturated heterocycles. The van der Waals surface area contributed by atoms with Gasteiger partial charge in [0, 0.05) is 18.5 Å². The van der Waals surface area contributed by atoms with E-state index in [9.17, 15) is 23.2 Å². The highest BCUT2D eigenvalue weighted by molar-refractivity contribution is 5.91. The van der Waals surface area contributed by atoms with Crippen LogP contribution in [0.2, 0.25) is 0 Å². The molecule has 1 aromatic carbocycles. The number of aromatic nitrogens is 3. The zero-order chi connectivity index (χ0) is 26.3. The summed E-state index contributed by atoms with van der Waals surface area (Å²) in [6.45, 7) is 0.300. The number of H-pyrrole nitrogens is 1. The predicted molar refractivity (Wildman–Crippen MR) is 128 cm³/mol. The number of nitrogens with zero attached hydrogens (tertiary/aromatic N) is 3. The number of aromatic amines is 1. The van der Waals surface area contributed by atoms with E-state index in [1.807, 2.05) is 6.07 Å². The number of nitriles is 1. The number of hydrogen-bond acceptors (Lipinski definition) is 6. The molecule has 0 unspecified atom stereocenters. The molecule has 0 saturated carbocycles. The second kappa shape index (κ2) is 9.46. The van der Waals surface area contributed by atoms with E-state index < -0.39 is 29.0 Å². The number of nitrogens with one attached hydrogen (secondary N) is 3. The number of pyridine rings is 1. The van der Waals surface area contributed by atoms with Gasteiger partial charge in [-0.15, -0.1) is 0 Å². The quantitative estimate of drug-likeness (QED) is 0.433. The molecule has 3 aromatic rings. The summed E-state index contributed by atoms with van der Waals surface area (Å²) >= 11 is 0. The van der Waals surface area contributed by atoms with Crippen LogP contribution in [-0.4, -0.2) is 46.9 Å². The molecule has 0 amide bonds. The molecule has 37 heavy (non-hydrogen) atoms. The van der Waals surface area contributed by atoms with E-state index in [0.717, 1.165) is 0 Å². The van der Waals surface area contributed by atoms with Crippen LogP contribution in [0.4, 0.5) is 29.1 Å². The molecule has 3 atom stereocenters. The molecule has 3 N–H and O–H groups in total. The van der Waals surface area contributed by atoms with Crippen LogP contribution in [-0.2, 0) is 15.8 Å². The number of alkyl halides is 4. The smallest absolute Gasteiger partial charge is 0.378 e. The molecule has 0 aliphatic carbocycles. The van der Waals surface area contributed by atoms with Crippen molar-refractivity contribution in [2.45, 2.75) is 55.5 Å². The zero-order valence-electron chi connectivity index (χ0n) is 19.9. The molecule has 2 fully saturated rings. The van der Waals surface area contributed by atoms with Gasteiger partial charge in [-0.3, -0.25) is 14.8 Å². The van der Waals surface area contributed by atoms with Crippen LogP contribution < -0.4 is 16.2 Å². The monoisotopic (exact) mass is 518 g/mol. The lowest BCUT2D eigenvalue weighted by Crippen LogP contribution is -2.56. The standard InChI is InChI=1S/C25H26F4N6O2/c26-19-15-37-14-10-23(19,9-11-30)35-18-7-13-31-22(36)20(18)21(34-35)33-17-5-3-16(4-6-17)24(25(27,28)29)8-1-2-12-32-24/h3-7,13,19,32H,1-2,8-10,12,14-15H2,(H,31,36)(H,33,34)/t19-,23+,24+/m0/s1. The Labute approximate surface area is 209 Å². The maximum Gasteiger partial charge on any atom is 0.410 e. The number of hydrogen-bond donors (Lipinski definition) is 3. The van der Waals surface area contributed by atoms with E-state index in [4.69, 9.17) is 4.74 Å². The second-order valence-electron chi connectivity index (χ2n) is 9.55. The number of halogens is 4. The summed E-state index contributed by atoms with van der Waals surface area (Å²) in [6, 6.07) is 9.43. The highest BCUT2D eigenvalue weighted by Crippen LogP contribution is 2.45. The molecular formula is C25H26F4N6O2. The summed E-state index contributed by atoms with van der Waals surface area (Å²) in [6.07, 6.45) is -3.48. The van der Waals surface area contributed by atoms with Crippen LogP contribution in [0.1, 0.15) is 37.7 Å². The molecule has 0 radical (unpaired) electrons. The first-order valence-electron chi connectivity index (χ1n) is 12.1. The van der Waals surface area contributed by atoms with Crippen molar-refractivity contribution in [2.75, 3.05) is 25.1 Å². The maximum absolute atomic E-state index is 15.3. The molecule has 0 bridgehead atoms. The van der Waals surface area contributed by atoms with Crippen LogP contribution in [0.3, 0.4) is 0 Å². The summed E-state index contributed by atoms with van der Waals surface area (Å²) in [7, 11) is 0. The first kappa shape index (κ1) is 25.2. The van der Waals surface area contributed by atoms with Crippen LogP contribution in [0.5, 0.6) is 0 Å². The van der Waals surface area contributed by atoms with Crippen LogP contribution >= 0.6 is 0 Å². The van der Waals surface area contributed by atoms with Gasteiger partial charge in [-0.25, -0.2) is 4.39 Å². The van der Waals surface area contributed by atoms with E-state index in [0.29, 0.717) is 24.0 Å². The van der Waals surface area contributed by atoms with E-state index in [1.54, 1.807) is 6.07 Å². The van der Waals surface area contributed by atoms with Crippen LogP contribution in [0.25, 0.3) is 10.9 Å². The van der Waals surface area contributed by atoms with E-state index >= 15 is 4.39 Å². The fourth-order valence-electron chi connectivity index (χ4n) is 5.43. The van der Waals surface area contributed by atoms with Gasteiger partial charge in [-0.1, -0.05) is 12.1 Å². The van der Waals surface area contributed by atoms with Crippen molar-refractivity contribution in [3.8, 4) is 6.07 Å². The summed E-state index contributed by atoms with van der Waals surface area (Å²) < 4.78 is 64.1. The van der Waals surface area contributed by atoms with Crippen molar-refractivity contribution in [3.63, 3.8) is 0 Å². The zero-order valence-corrected chi connectivity index (χ0v) is 19.9. The van der Waals surface area contributed by atoms with Gasteiger partial charge >= 0.3 is 6.18 Å². The average Bonchev–Trinajstić information content (AvgIpc) is 3.26. The van der Waals surface area contributed by atoms with Gasteiger partial charge in [-0.2, -0.15) is 23.5 Å². The van der Waals surface area contributed by atoms with Crippen molar-refractivity contribution in [1.82, 2.24) is 20.1 Å². The Morgan fingerprint density at radius 2 is 2.00 bits per heavy atom. The molecule has 4 heterocycles. The first-order valence-corrected chi connectivity index (χ1v) is 12.1. The number of fused-ring (bicyclic) bond motifs is 1. The van der Waals surface area contributed by atoms with Crippen LogP contribution in [0.15, 0.2) is 41.3 Å². The Kier molecular flexibility index (Phi) is 6.45. The Morgan fingerprint density at radius 1 is 1.22 bits per heavy atom. The van der Waals surface area contributed by atoms with Crippen molar-refractivity contribution < 1.29 is 22.3 Å². The minimum atomic E-state index is -4.47. The van der Waals surface area contributed by atoms with Crippen LogP contribution in [0, 0.1) is 11.3 Å². The number of rotatable bonds is 5. The van der Waals surface area contributed by atoms with Crippen molar-refractivity contribution >= 4 is 22.4 Å². The first-order chi connectivity index (χ1) is 17.7. The Balaban J connectivity index is 1.54. The van der Waals surface area contributed by atoms with Crippen molar-refractivity contribution in [1.29, 1.82) is 5.26 Å². The van der Waals surface area contributed by atoms with Crippen molar-refractivity contribution in [3.05, 3.63) is 52.4 Å². The van der Waals surface area contributed by atoms with Gasteiger partial charge < -0.3 is 15.0 Å². The molecule has 5 rings (SSSR count). The Hall–Kier alpha value is -3.43. The highest BCUT2D eigenvalue weighted by Gasteiger charge is 2.56. The fourth-order valence-corrected chi connectivity index (χ4v) is 5.43. The molecule has 2 aliphatic heterocycles. The van der Waals surface area contributed by atoms with E-state index in [-0.39, 0.29) is 55.8 Å². The molecule has 2 aliphatic rings. The fraction of sp³-hybridized carbons (Fsp3) is 0.480. The molecular weight excluding hydrogens is 492 g/mol. The van der Waals surface area contributed by atoms with Gasteiger partial charge in [0.05, 0.1) is 24.6 Å². The number of anilines is 2. The third kappa shape index (κ3) is 4.16. The second-order valence-corrected chi connectivity index (χ2v) is 9.55. The lowest BCUT2D eigenvalue weighted by atomic mass is 9.81. The Morgan fingerprint density at radius 3 is 2.65 bits per heavy atom. The normalized spacial score (nSPS) is 26.6. The number of ether oxygens (including phenoxy) is 1. The third-order valence-electron chi connectivity index (χ3n) is 7.47. The summed E-state index contributed by atoms with van der Waals surface area (Å²) in [5.41, 5.74) is -3.06. The topological polar surface area (TPSA) is 108 Å². The molecule has 12 heteroatoms. The van der Waals surface area contributed by atoms with Gasteiger partial charge in [0.1, 0.15) is 22.6 Å². The number of piperidine rings is 1. The maximum atomic E-state index is 15.3. The van der Waals surface area contributed by atoms with Gasteiger partial charge in [-0.05, 0) is 56.0 Å². The lowest BCUT2D eigenvalue weighted by Gasteiger charge is -2.40. The van der Waals surface area contributed by atoms with Crippen molar-refractivity contribution in [2.24, 2.45) is 0 Å². The van der Waals surface area contributed by atoms with E-state index in [1.165, 1.54) is 35.1 Å². The highest BCUT2D eigenvalue weighted by atomic mass is 19.4. The summed E-state index contributed by atoms with van der Waals surface area (Å²) in [4.78, 5) is 15.4. The minimum absolute atomic E-state index is 0.0528. The third-order valence-corrected chi connectivity index (χ3v) is 7.47. The van der Waals surface area contributed by atoms with Gasteiger partial charge in [0.25, 0.3) is 5.56 Å². The van der Waals surface area contributed by atoms with Gasteiger partial charge in [0.2, 0.25) is 0 Å². The molecule has 196 valence electrons. The lowest BCUT2D eigenvalue weighted by molar-refractivity contribution is -0.207. The average molecular weight is 519 g/mol. The summed E-state index contributed by atoms with van der Waals surface area (Å²) in [5.74, 6) is 0.113. The number of benzene rings is 1. The Bertz CT molecular complexity index is 1370. The molecule has 8 nitrogen and oxygen atoms in total. The van der Waals surface area contributed by atoms with E-state index in [2.05, 4.69) is 20.7 Å². The SMILES string of the molecule is N#CC[C@@]1(n2nc(Nc3ccc([C@@]4(C(F)(F)F)CCCCN4)cc3)c3c(=O)[nH]ccc32)CCOC[C@@H]1F. The predicted octanol–water partition coefficient (Wildman–Crippen LogP) is 4.37. The summed E-state index contributed by atoms with van der Waals surface area (Å²) in [5, 5.41) is 19.8. The van der Waals surface area contributed by atoms with Gasteiger partial charge in [0.15, 0.2) is 5.82 Å². The molecule has 0 spiro atoms. The molecule has 2 aromatic heterocycles. The largest absolute Gasteiger partial charge is 0.410 e. The minimum Gasteiger partial charge on any atom is -0.378 e.